The van der Waals surface area contributed by atoms with Crippen LogP contribution in [-0.4, -0.2) is 28.2 Å². The minimum absolute atomic E-state index is 0.0191. The normalized spacial score (nSPS) is 17.0. The van der Waals surface area contributed by atoms with Gasteiger partial charge in [-0.05, 0) is 37.8 Å². The summed E-state index contributed by atoms with van der Waals surface area (Å²) in [5, 5.41) is 2.77. The Morgan fingerprint density at radius 1 is 1.19 bits per heavy atom. The van der Waals surface area contributed by atoms with Gasteiger partial charge >= 0.3 is 0 Å². The monoisotopic (exact) mass is 368 g/mol. The Balaban J connectivity index is 1.82. The molecule has 2 aromatic heterocycles. The van der Waals surface area contributed by atoms with E-state index >= 15 is 0 Å². The van der Waals surface area contributed by atoms with Crippen molar-refractivity contribution in [2.75, 3.05) is 18.0 Å². The third-order valence-electron chi connectivity index (χ3n) is 5.42. The van der Waals surface area contributed by atoms with Crippen molar-refractivity contribution in [3.63, 3.8) is 0 Å². The van der Waals surface area contributed by atoms with E-state index < -0.39 is 0 Å². The van der Waals surface area contributed by atoms with Gasteiger partial charge in [-0.15, -0.1) is 11.3 Å². The number of piperidine rings is 1. The van der Waals surface area contributed by atoms with Gasteiger partial charge in [0.15, 0.2) is 0 Å². The van der Waals surface area contributed by atoms with Gasteiger partial charge in [0, 0.05) is 36.6 Å². The molecule has 1 saturated heterocycles. The predicted molar refractivity (Wildman–Crippen MR) is 109 cm³/mol. The molecule has 6 heteroatoms. The number of hydrogen-bond donors (Lipinski definition) is 1. The molecule has 3 aromatic rings. The second kappa shape index (κ2) is 6.21. The highest BCUT2D eigenvalue weighted by Crippen LogP contribution is 2.34. The molecule has 0 spiro atoms. The van der Waals surface area contributed by atoms with Crippen molar-refractivity contribution in [2.45, 2.75) is 32.2 Å². The maximum absolute atomic E-state index is 13.2. The number of aryl methyl sites for hydroxylation is 1. The van der Waals surface area contributed by atoms with E-state index in [-0.39, 0.29) is 11.1 Å². The Labute approximate surface area is 157 Å². The average Bonchev–Trinajstić information content (AvgIpc) is 3.03. The van der Waals surface area contributed by atoms with E-state index in [1.54, 1.807) is 15.9 Å². The number of fused-ring (bicyclic) bond motifs is 1. The first kappa shape index (κ1) is 17.2. The van der Waals surface area contributed by atoms with Crippen LogP contribution in [0, 0.1) is 6.92 Å². The quantitative estimate of drug-likeness (QED) is 0.754. The van der Waals surface area contributed by atoms with Gasteiger partial charge in [-0.25, -0.2) is 4.98 Å². The molecule has 0 unspecified atom stereocenters. The van der Waals surface area contributed by atoms with Crippen LogP contribution in [0.15, 0.2) is 34.4 Å². The van der Waals surface area contributed by atoms with Crippen molar-refractivity contribution in [2.24, 2.45) is 12.8 Å². The number of aromatic nitrogens is 2. The van der Waals surface area contributed by atoms with Gasteiger partial charge in [0.1, 0.15) is 4.83 Å². The molecule has 3 heterocycles. The second-order valence-corrected chi connectivity index (χ2v) is 8.42. The molecule has 1 aliphatic heterocycles. The fourth-order valence-corrected chi connectivity index (χ4v) is 4.56. The molecule has 26 heavy (non-hydrogen) atoms. The van der Waals surface area contributed by atoms with Gasteiger partial charge in [0.2, 0.25) is 5.95 Å². The van der Waals surface area contributed by atoms with Crippen molar-refractivity contribution in [3.8, 4) is 11.1 Å². The standard InChI is InChI=1S/C20H24N4OS/c1-13-6-4-5-7-14(13)15-12-26-17-16(15)18(25)23(3)19(22-17)24-10-8-20(2,21)9-11-24/h4-7,12H,8-11,21H2,1-3H3. The minimum atomic E-state index is -0.125. The van der Waals surface area contributed by atoms with E-state index in [1.165, 1.54) is 0 Å². The molecular weight excluding hydrogens is 344 g/mol. The summed E-state index contributed by atoms with van der Waals surface area (Å²) >= 11 is 1.54. The van der Waals surface area contributed by atoms with Gasteiger partial charge in [0.05, 0.1) is 5.39 Å². The molecule has 0 radical (unpaired) electrons. The van der Waals surface area contributed by atoms with Crippen molar-refractivity contribution in [3.05, 3.63) is 45.6 Å². The summed E-state index contributed by atoms with van der Waals surface area (Å²) in [6, 6.07) is 8.17. The van der Waals surface area contributed by atoms with E-state index in [0.29, 0.717) is 0 Å². The van der Waals surface area contributed by atoms with Crippen LogP contribution in [0.2, 0.25) is 0 Å². The number of benzene rings is 1. The Kier molecular flexibility index (Phi) is 4.12. The topological polar surface area (TPSA) is 64.2 Å². The van der Waals surface area contributed by atoms with Crippen LogP contribution in [0.1, 0.15) is 25.3 Å². The predicted octanol–water partition coefficient (Wildman–Crippen LogP) is 3.29. The first-order valence-corrected chi connectivity index (χ1v) is 9.83. The molecule has 4 rings (SSSR count). The van der Waals surface area contributed by atoms with Crippen LogP contribution >= 0.6 is 11.3 Å². The van der Waals surface area contributed by atoms with Crippen molar-refractivity contribution in [1.29, 1.82) is 0 Å². The van der Waals surface area contributed by atoms with E-state index in [2.05, 4.69) is 36.3 Å². The summed E-state index contributed by atoms with van der Waals surface area (Å²) < 4.78 is 1.69. The number of anilines is 1. The lowest BCUT2D eigenvalue weighted by Gasteiger charge is -2.37. The summed E-state index contributed by atoms with van der Waals surface area (Å²) in [5.74, 6) is 0.746. The summed E-state index contributed by atoms with van der Waals surface area (Å²) in [5.41, 5.74) is 9.38. The van der Waals surface area contributed by atoms with Gasteiger partial charge in [0.25, 0.3) is 5.56 Å². The highest BCUT2D eigenvalue weighted by atomic mass is 32.1. The van der Waals surface area contributed by atoms with Crippen molar-refractivity contribution < 1.29 is 0 Å². The first-order chi connectivity index (χ1) is 12.4. The average molecular weight is 369 g/mol. The molecule has 5 nitrogen and oxygen atoms in total. The van der Waals surface area contributed by atoms with E-state index in [1.807, 2.05) is 19.2 Å². The molecule has 0 bridgehead atoms. The van der Waals surface area contributed by atoms with E-state index in [4.69, 9.17) is 10.7 Å². The van der Waals surface area contributed by atoms with Crippen LogP contribution in [0.3, 0.4) is 0 Å². The maximum Gasteiger partial charge on any atom is 0.264 e. The van der Waals surface area contributed by atoms with Gasteiger partial charge in [-0.2, -0.15) is 0 Å². The van der Waals surface area contributed by atoms with Crippen LogP contribution in [0.4, 0.5) is 5.95 Å². The summed E-state index contributed by atoms with van der Waals surface area (Å²) in [6.07, 6.45) is 1.81. The Morgan fingerprint density at radius 2 is 1.88 bits per heavy atom. The van der Waals surface area contributed by atoms with Crippen LogP contribution in [0.5, 0.6) is 0 Å². The lowest BCUT2D eigenvalue weighted by Crippen LogP contribution is -2.49. The fraction of sp³-hybridized carbons (Fsp3) is 0.400. The zero-order valence-corrected chi connectivity index (χ0v) is 16.3. The lowest BCUT2D eigenvalue weighted by molar-refractivity contribution is 0.360. The SMILES string of the molecule is Cc1ccccc1-c1csc2nc(N3CCC(C)(N)CC3)n(C)c(=O)c12. The molecule has 0 amide bonds. The third-order valence-corrected chi connectivity index (χ3v) is 6.29. The smallest absolute Gasteiger partial charge is 0.264 e. The van der Waals surface area contributed by atoms with Crippen LogP contribution in [0.25, 0.3) is 21.3 Å². The lowest BCUT2D eigenvalue weighted by atomic mass is 9.91. The van der Waals surface area contributed by atoms with Gasteiger partial charge < -0.3 is 10.6 Å². The molecule has 136 valence electrons. The molecule has 1 aliphatic rings. The third kappa shape index (κ3) is 2.83. The number of nitrogens with zero attached hydrogens (tertiary/aromatic N) is 3. The van der Waals surface area contributed by atoms with E-state index in [9.17, 15) is 4.79 Å². The highest BCUT2D eigenvalue weighted by Gasteiger charge is 2.28. The van der Waals surface area contributed by atoms with Crippen molar-refractivity contribution in [1.82, 2.24) is 9.55 Å². The van der Waals surface area contributed by atoms with Gasteiger partial charge in [-0.3, -0.25) is 9.36 Å². The maximum atomic E-state index is 13.2. The number of nitrogens with two attached hydrogens (primary N) is 1. The van der Waals surface area contributed by atoms with E-state index in [0.717, 1.165) is 58.8 Å². The molecule has 1 fully saturated rings. The largest absolute Gasteiger partial charge is 0.342 e. The van der Waals surface area contributed by atoms with Crippen LogP contribution < -0.4 is 16.2 Å². The fourth-order valence-electron chi connectivity index (χ4n) is 3.63. The number of hydrogen-bond acceptors (Lipinski definition) is 5. The Morgan fingerprint density at radius 3 is 2.58 bits per heavy atom. The number of thiophene rings is 1. The highest BCUT2D eigenvalue weighted by molar-refractivity contribution is 7.17. The molecule has 0 saturated carbocycles. The Bertz CT molecular complexity index is 1020. The number of rotatable bonds is 2. The second-order valence-electron chi connectivity index (χ2n) is 7.56. The van der Waals surface area contributed by atoms with Gasteiger partial charge in [-0.1, -0.05) is 24.3 Å². The zero-order chi connectivity index (χ0) is 18.5. The molecule has 0 aliphatic carbocycles. The molecule has 2 N–H and O–H groups in total. The zero-order valence-electron chi connectivity index (χ0n) is 15.5. The van der Waals surface area contributed by atoms with Crippen molar-refractivity contribution >= 4 is 27.5 Å². The molecule has 0 atom stereocenters. The summed E-state index contributed by atoms with van der Waals surface area (Å²) in [6.45, 7) is 5.82. The Hall–Kier alpha value is -2.18. The van der Waals surface area contributed by atoms with Crippen LogP contribution in [-0.2, 0) is 7.05 Å². The minimum Gasteiger partial charge on any atom is -0.342 e. The first-order valence-electron chi connectivity index (χ1n) is 8.95. The molecule has 1 aromatic carbocycles. The summed E-state index contributed by atoms with van der Waals surface area (Å²) in [4.78, 5) is 21.0. The molecular formula is C20H24N4OS. The summed E-state index contributed by atoms with van der Waals surface area (Å²) in [7, 11) is 1.82.